The Morgan fingerprint density at radius 3 is 2.40 bits per heavy atom. The molecule has 0 saturated heterocycles. The standard InChI is InChI=1S/C12H9ClFN/c13-11-4-2-1-3-9(11)10-6-5-8(15)7-12(10)14/h1-7H,15H2. The maximum absolute atomic E-state index is 13.6. The number of halogens is 2. The van der Waals surface area contributed by atoms with E-state index in [1.807, 2.05) is 6.07 Å². The highest BCUT2D eigenvalue weighted by Gasteiger charge is 2.07. The zero-order valence-corrected chi connectivity index (χ0v) is 8.63. The number of rotatable bonds is 1. The molecular formula is C12H9ClFN. The third-order valence-corrected chi connectivity index (χ3v) is 2.49. The quantitative estimate of drug-likeness (QED) is 0.730. The summed E-state index contributed by atoms with van der Waals surface area (Å²) in [5.74, 6) is -0.358. The summed E-state index contributed by atoms with van der Waals surface area (Å²) in [6, 6.07) is 11.7. The Bertz CT molecular complexity index is 497. The molecule has 0 radical (unpaired) electrons. The molecule has 0 saturated carbocycles. The molecule has 2 N–H and O–H groups in total. The van der Waals surface area contributed by atoms with Gasteiger partial charge in [-0.3, -0.25) is 0 Å². The highest BCUT2D eigenvalue weighted by molar-refractivity contribution is 6.33. The molecule has 0 bridgehead atoms. The molecule has 2 aromatic rings. The molecule has 76 valence electrons. The van der Waals surface area contributed by atoms with Crippen LogP contribution in [-0.4, -0.2) is 0 Å². The summed E-state index contributed by atoms with van der Waals surface area (Å²) in [6.45, 7) is 0. The van der Waals surface area contributed by atoms with Crippen molar-refractivity contribution in [3.8, 4) is 11.1 Å². The van der Waals surface area contributed by atoms with Crippen LogP contribution in [0.15, 0.2) is 42.5 Å². The molecule has 0 atom stereocenters. The van der Waals surface area contributed by atoms with Crippen molar-refractivity contribution in [2.75, 3.05) is 5.73 Å². The van der Waals surface area contributed by atoms with Crippen LogP contribution in [0.5, 0.6) is 0 Å². The van der Waals surface area contributed by atoms with Crippen LogP contribution in [-0.2, 0) is 0 Å². The van der Waals surface area contributed by atoms with Gasteiger partial charge >= 0.3 is 0 Å². The number of nitrogens with two attached hydrogens (primary N) is 1. The van der Waals surface area contributed by atoms with Gasteiger partial charge in [-0.25, -0.2) is 4.39 Å². The van der Waals surface area contributed by atoms with Crippen molar-refractivity contribution in [2.24, 2.45) is 0 Å². The van der Waals surface area contributed by atoms with E-state index in [9.17, 15) is 4.39 Å². The Balaban J connectivity index is 2.60. The Kier molecular flexibility index (Phi) is 2.60. The molecule has 3 heteroatoms. The Morgan fingerprint density at radius 2 is 1.73 bits per heavy atom. The molecule has 0 spiro atoms. The average Bonchev–Trinajstić information content (AvgIpc) is 2.20. The van der Waals surface area contributed by atoms with Crippen LogP contribution in [0.3, 0.4) is 0 Å². The molecule has 1 nitrogen and oxygen atoms in total. The van der Waals surface area contributed by atoms with Crippen molar-refractivity contribution >= 4 is 17.3 Å². The summed E-state index contributed by atoms with van der Waals surface area (Å²) in [4.78, 5) is 0. The van der Waals surface area contributed by atoms with E-state index in [1.165, 1.54) is 6.07 Å². The van der Waals surface area contributed by atoms with E-state index < -0.39 is 0 Å². The Hall–Kier alpha value is -1.54. The van der Waals surface area contributed by atoms with Gasteiger partial charge in [0.05, 0.1) is 0 Å². The predicted molar refractivity (Wildman–Crippen MR) is 61.3 cm³/mol. The lowest BCUT2D eigenvalue weighted by Crippen LogP contribution is -1.89. The molecule has 0 heterocycles. The highest BCUT2D eigenvalue weighted by Crippen LogP contribution is 2.30. The molecule has 2 rings (SSSR count). The number of nitrogen functional groups attached to an aromatic ring is 1. The van der Waals surface area contributed by atoms with Crippen LogP contribution in [0.1, 0.15) is 0 Å². The lowest BCUT2D eigenvalue weighted by Gasteiger charge is -2.06. The predicted octanol–water partition coefficient (Wildman–Crippen LogP) is 3.73. The first-order valence-electron chi connectivity index (χ1n) is 4.48. The number of benzene rings is 2. The smallest absolute Gasteiger partial charge is 0.133 e. The molecule has 0 fully saturated rings. The van der Waals surface area contributed by atoms with Crippen molar-refractivity contribution in [1.82, 2.24) is 0 Å². The van der Waals surface area contributed by atoms with Gasteiger partial charge in [0.25, 0.3) is 0 Å². The summed E-state index contributed by atoms with van der Waals surface area (Å²) >= 11 is 5.97. The minimum Gasteiger partial charge on any atom is -0.399 e. The molecular weight excluding hydrogens is 213 g/mol. The molecule has 15 heavy (non-hydrogen) atoms. The minimum absolute atomic E-state index is 0.358. The molecule has 0 amide bonds. The largest absolute Gasteiger partial charge is 0.399 e. The van der Waals surface area contributed by atoms with Crippen LogP contribution >= 0.6 is 11.6 Å². The Morgan fingerprint density at radius 1 is 1.00 bits per heavy atom. The van der Waals surface area contributed by atoms with Gasteiger partial charge in [0.15, 0.2) is 0 Å². The van der Waals surface area contributed by atoms with Crippen LogP contribution in [0.4, 0.5) is 10.1 Å². The van der Waals surface area contributed by atoms with Gasteiger partial charge in [-0.15, -0.1) is 0 Å². The van der Waals surface area contributed by atoms with E-state index in [4.69, 9.17) is 17.3 Å². The van der Waals surface area contributed by atoms with Crippen molar-refractivity contribution in [3.05, 3.63) is 53.3 Å². The molecule has 0 aliphatic carbocycles. The first kappa shape index (κ1) is 9.99. The molecule has 0 aliphatic rings. The summed E-state index contributed by atoms with van der Waals surface area (Å²) in [6.07, 6.45) is 0. The van der Waals surface area contributed by atoms with Crippen molar-refractivity contribution < 1.29 is 4.39 Å². The van der Waals surface area contributed by atoms with E-state index in [-0.39, 0.29) is 5.82 Å². The monoisotopic (exact) mass is 221 g/mol. The number of hydrogen-bond acceptors (Lipinski definition) is 1. The van der Waals surface area contributed by atoms with Crippen molar-refractivity contribution in [1.29, 1.82) is 0 Å². The third-order valence-electron chi connectivity index (χ3n) is 2.16. The summed E-state index contributed by atoms with van der Waals surface area (Å²) in [5, 5.41) is 0.529. The van der Waals surface area contributed by atoms with Gasteiger partial charge in [-0.2, -0.15) is 0 Å². The molecule has 0 aromatic heterocycles. The fourth-order valence-corrected chi connectivity index (χ4v) is 1.67. The lowest BCUT2D eigenvalue weighted by atomic mass is 10.0. The van der Waals surface area contributed by atoms with Crippen LogP contribution in [0.25, 0.3) is 11.1 Å². The number of hydrogen-bond donors (Lipinski definition) is 1. The SMILES string of the molecule is Nc1ccc(-c2ccccc2Cl)c(F)c1. The van der Waals surface area contributed by atoms with Gasteiger partial charge in [-0.05, 0) is 24.3 Å². The van der Waals surface area contributed by atoms with Gasteiger partial charge in [-0.1, -0.05) is 29.8 Å². The maximum atomic E-state index is 13.6. The van der Waals surface area contributed by atoms with Crippen LogP contribution in [0, 0.1) is 5.82 Å². The van der Waals surface area contributed by atoms with Crippen molar-refractivity contribution in [3.63, 3.8) is 0 Å². The number of anilines is 1. The van der Waals surface area contributed by atoms with Gasteiger partial charge in [0.2, 0.25) is 0 Å². The Labute approximate surface area is 92.3 Å². The van der Waals surface area contributed by atoms with E-state index in [0.717, 1.165) is 0 Å². The fourth-order valence-electron chi connectivity index (χ4n) is 1.43. The van der Waals surface area contributed by atoms with E-state index in [2.05, 4.69) is 0 Å². The van der Waals surface area contributed by atoms with Gasteiger partial charge < -0.3 is 5.73 Å². The average molecular weight is 222 g/mol. The summed E-state index contributed by atoms with van der Waals surface area (Å²) in [5.41, 5.74) is 7.02. The topological polar surface area (TPSA) is 26.0 Å². The lowest BCUT2D eigenvalue weighted by molar-refractivity contribution is 0.632. The first-order chi connectivity index (χ1) is 7.18. The minimum atomic E-state index is -0.358. The second-order valence-electron chi connectivity index (χ2n) is 3.22. The van der Waals surface area contributed by atoms with E-state index in [1.54, 1.807) is 30.3 Å². The molecule has 2 aromatic carbocycles. The molecule has 0 aliphatic heterocycles. The summed E-state index contributed by atoms with van der Waals surface area (Å²) in [7, 11) is 0. The van der Waals surface area contributed by atoms with Crippen molar-refractivity contribution in [2.45, 2.75) is 0 Å². The fraction of sp³-hybridized carbons (Fsp3) is 0. The third kappa shape index (κ3) is 1.95. The van der Waals surface area contributed by atoms with Gasteiger partial charge in [0.1, 0.15) is 5.82 Å². The normalized spacial score (nSPS) is 10.3. The zero-order chi connectivity index (χ0) is 10.8. The van der Waals surface area contributed by atoms with Crippen LogP contribution in [0.2, 0.25) is 5.02 Å². The highest BCUT2D eigenvalue weighted by atomic mass is 35.5. The maximum Gasteiger partial charge on any atom is 0.133 e. The second-order valence-corrected chi connectivity index (χ2v) is 3.63. The zero-order valence-electron chi connectivity index (χ0n) is 7.87. The van der Waals surface area contributed by atoms with E-state index in [0.29, 0.717) is 21.8 Å². The molecule has 0 unspecified atom stereocenters. The summed E-state index contributed by atoms with van der Waals surface area (Å²) < 4.78 is 13.6. The van der Waals surface area contributed by atoms with Crippen LogP contribution < -0.4 is 5.73 Å². The van der Waals surface area contributed by atoms with Gasteiger partial charge in [0, 0.05) is 21.8 Å². The second kappa shape index (κ2) is 3.91. The van der Waals surface area contributed by atoms with E-state index >= 15 is 0 Å². The first-order valence-corrected chi connectivity index (χ1v) is 4.86.